The maximum Gasteiger partial charge on any atom is 0.490 e. The Bertz CT molecular complexity index is 1760. The lowest BCUT2D eigenvalue weighted by Crippen LogP contribution is -2.55. The molecule has 0 aliphatic carbocycles. The summed E-state index contributed by atoms with van der Waals surface area (Å²) in [7, 11) is 1.44. The number of fused-ring (bicyclic) bond motifs is 1. The number of pyridine rings is 1. The van der Waals surface area contributed by atoms with Gasteiger partial charge in [0, 0.05) is 19.2 Å². The van der Waals surface area contributed by atoms with E-state index in [0.717, 1.165) is 17.7 Å². The van der Waals surface area contributed by atoms with Gasteiger partial charge < -0.3 is 25.0 Å². The number of amides is 2. The zero-order valence-corrected chi connectivity index (χ0v) is 27.0. The molecule has 0 saturated heterocycles. The van der Waals surface area contributed by atoms with Gasteiger partial charge in [-0.25, -0.2) is 23.4 Å². The van der Waals surface area contributed by atoms with Crippen LogP contribution in [0.15, 0.2) is 60.8 Å². The standard InChI is InChI=1S/C31H34F2N4O5.C2HF3O2/c1-5-14-31(3,37(30(39)40)16-21-10-7-6-8-11-21)19-34-29(38)27-20(2)35-28-26(15-22(41-4)17-36(27)28)42-18-23-24(32)12-9-13-25(23)33;3-2(4,5)1(6)7/h6-13,15,17H,5,14,16,18-19H2,1-4H3,(H,34,38)(H,39,40);(H,6,7). The van der Waals surface area contributed by atoms with E-state index in [-0.39, 0.29) is 35.7 Å². The fraction of sp³-hybridized carbons (Fsp3) is 0.333. The normalized spacial score (nSPS) is 12.3. The molecular weight excluding hydrogens is 659 g/mol. The Hall–Kier alpha value is -5.41. The summed E-state index contributed by atoms with van der Waals surface area (Å²) in [6.45, 7) is 5.22. The predicted molar refractivity (Wildman–Crippen MR) is 167 cm³/mol. The lowest BCUT2D eigenvalue weighted by atomic mass is 9.93. The van der Waals surface area contributed by atoms with Crippen molar-refractivity contribution in [2.75, 3.05) is 13.7 Å². The van der Waals surface area contributed by atoms with Crippen LogP contribution >= 0.6 is 0 Å². The third kappa shape index (κ3) is 9.58. The first-order chi connectivity index (χ1) is 23.0. The number of carboxylic acid groups (broad SMARTS) is 2. The topological polar surface area (TPSA) is 143 Å². The van der Waals surface area contributed by atoms with E-state index in [4.69, 9.17) is 19.4 Å². The summed E-state index contributed by atoms with van der Waals surface area (Å²) in [6, 6.07) is 14.3. The molecule has 0 aliphatic heterocycles. The minimum absolute atomic E-state index is 0.0470. The van der Waals surface area contributed by atoms with Gasteiger partial charge in [0.15, 0.2) is 11.4 Å². The number of aromatic nitrogens is 2. The molecule has 0 aliphatic rings. The fourth-order valence-electron chi connectivity index (χ4n) is 4.98. The molecule has 0 fully saturated rings. The van der Waals surface area contributed by atoms with Gasteiger partial charge in [-0.2, -0.15) is 13.2 Å². The first-order valence-corrected chi connectivity index (χ1v) is 14.8. The van der Waals surface area contributed by atoms with Crippen molar-refractivity contribution in [2.24, 2.45) is 0 Å². The number of hydrogen-bond acceptors (Lipinski definition) is 6. The monoisotopic (exact) mass is 694 g/mol. The molecule has 2 amide bonds. The van der Waals surface area contributed by atoms with Gasteiger partial charge in [0.25, 0.3) is 5.91 Å². The van der Waals surface area contributed by atoms with Crippen molar-refractivity contribution in [2.45, 2.75) is 58.5 Å². The molecule has 49 heavy (non-hydrogen) atoms. The van der Waals surface area contributed by atoms with E-state index in [1.54, 1.807) is 13.1 Å². The van der Waals surface area contributed by atoms with Crippen LogP contribution in [-0.4, -0.2) is 67.8 Å². The third-order valence-electron chi connectivity index (χ3n) is 7.45. The van der Waals surface area contributed by atoms with Gasteiger partial charge in [0.05, 0.1) is 30.1 Å². The van der Waals surface area contributed by atoms with E-state index >= 15 is 0 Å². The smallest absolute Gasteiger partial charge is 0.490 e. The van der Waals surface area contributed by atoms with E-state index in [1.807, 2.05) is 44.2 Å². The third-order valence-corrected chi connectivity index (χ3v) is 7.45. The zero-order chi connectivity index (χ0) is 36.5. The molecule has 0 spiro atoms. The molecular formula is C33H35F5N4O7. The average molecular weight is 695 g/mol. The van der Waals surface area contributed by atoms with Gasteiger partial charge in [0.2, 0.25) is 0 Å². The largest absolute Gasteiger partial charge is 0.495 e. The summed E-state index contributed by atoms with van der Waals surface area (Å²) >= 11 is 0. The maximum atomic E-state index is 14.2. The number of aliphatic carboxylic acids is 1. The number of rotatable bonds is 12. The van der Waals surface area contributed by atoms with E-state index < -0.39 is 47.9 Å². The number of alkyl halides is 3. The number of benzene rings is 2. The number of aryl methyl sites for hydroxylation is 1. The van der Waals surface area contributed by atoms with Gasteiger partial charge in [-0.05, 0) is 38.0 Å². The van der Waals surface area contributed by atoms with Crippen LogP contribution in [-0.2, 0) is 17.9 Å². The molecule has 0 bridgehead atoms. The second-order valence-corrected chi connectivity index (χ2v) is 11.1. The maximum absolute atomic E-state index is 14.2. The fourth-order valence-corrected chi connectivity index (χ4v) is 4.98. The Morgan fingerprint density at radius 3 is 2.16 bits per heavy atom. The number of carbonyl (C=O) groups is 3. The van der Waals surface area contributed by atoms with Crippen molar-refractivity contribution in [1.29, 1.82) is 0 Å². The molecule has 1 unspecified atom stereocenters. The minimum Gasteiger partial charge on any atom is -0.495 e. The summed E-state index contributed by atoms with van der Waals surface area (Å²) in [5.41, 5.74) is 0.502. The van der Waals surface area contributed by atoms with Crippen LogP contribution in [0.4, 0.5) is 26.7 Å². The van der Waals surface area contributed by atoms with Crippen LogP contribution < -0.4 is 14.8 Å². The average Bonchev–Trinajstić information content (AvgIpc) is 3.38. The molecule has 4 rings (SSSR count). The van der Waals surface area contributed by atoms with Gasteiger partial charge in [-0.3, -0.25) is 14.1 Å². The second kappa shape index (κ2) is 16.1. The first kappa shape index (κ1) is 38.0. The van der Waals surface area contributed by atoms with Gasteiger partial charge in [-0.1, -0.05) is 49.7 Å². The molecule has 16 heteroatoms. The Kier molecular flexibility index (Phi) is 12.5. The number of carboxylic acids is 1. The Labute approximate surface area is 277 Å². The molecule has 264 valence electrons. The Morgan fingerprint density at radius 1 is 1.02 bits per heavy atom. The van der Waals surface area contributed by atoms with Crippen molar-refractivity contribution in [3.05, 3.63) is 94.9 Å². The molecule has 3 N–H and O–H groups in total. The van der Waals surface area contributed by atoms with Gasteiger partial charge in [-0.15, -0.1) is 0 Å². The summed E-state index contributed by atoms with van der Waals surface area (Å²) in [6.07, 6.45) is -3.41. The van der Waals surface area contributed by atoms with Crippen LogP contribution in [0, 0.1) is 18.6 Å². The molecule has 11 nitrogen and oxygen atoms in total. The molecule has 0 radical (unpaired) electrons. The molecule has 0 saturated carbocycles. The second-order valence-electron chi connectivity index (χ2n) is 11.1. The molecule has 1 atom stereocenters. The molecule has 2 aromatic heterocycles. The predicted octanol–water partition coefficient (Wildman–Crippen LogP) is 6.61. The quantitative estimate of drug-likeness (QED) is 0.141. The van der Waals surface area contributed by atoms with Crippen LogP contribution in [0.1, 0.15) is 54.0 Å². The van der Waals surface area contributed by atoms with Crippen LogP contribution in [0.5, 0.6) is 11.5 Å². The SMILES string of the molecule is CCCC(C)(CNC(=O)c1c(C)nc2c(OCc3c(F)cccc3F)cc(OC)cn12)N(Cc1ccccc1)C(=O)O.O=C(O)C(F)(F)F. The van der Waals surface area contributed by atoms with Crippen LogP contribution in [0.25, 0.3) is 5.65 Å². The highest BCUT2D eigenvalue weighted by Crippen LogP contribution is 2.30. The van der Waals surface area contributed by atoms with Crippen molar-refractivity contribution in [3.8, 4) is 11.5 Å². The van der Waals surface area contributed by atoms with Gasteiger partial charge >= 0.3 is 18.2 Å². The highest BCUT2D eigenvalue weighted by molar-refractivity contribution is 5.95. The zero-order valence-electron chi connectivity index (χ0n) is 27.0. The number of hydrogen-bond donors (Lipinski definition) is 3. The van der Waals surface area contributed by atoms with Gasteiger partial charge in [0.1, 0.15) is 29.7 Å². The highest BCUT2D eigenvalue weighted by atomic mass is 19.4. The molecule has 4 aromatic rings. The van der Waals surface area contributed by atoms with E-state index in [1.165, 1.54) is 28.5 Å². The number of nitrogens with zero attached hydrogens (tertiary/aromatic N) is 3. The molecule has 2 aromatic carbocycles. The Balaban J connectivity index is 0.000000838. The van der Waals surface area contributed by atoms with Crippen molar-refractivity contribution < 1.29 is 56.0 Å². The number of nitrogens with one attached hydrogen (secondary N) is 1. The summed E-state index contributed by atoms with van der Waals surface area (Å²) < 4.78 is 72.8. The van der Waals surface area contributed by atoms with E-state index in [2.05, 4.69) is 10.3 Å². The van der Waals surface area contributed by atoms with E-state index in [9.17, 15) is 36.6 Å². The number of ether oxygens (including phenoxy) is 2. The lowest BCUT2D eigenvalue weighted by Gasteiger charge is -2.40. The number of halogens is 5. The summed E-state index contributed by atoms with van der Waals surface area (Å²) in [5, 5.41) is 20.1. The minimum atomic E-state index is -5.08. The number of imidazole rings is 1. The molecule has 2 heterocycles. The number of methoxy groups -OCH3 is 1. The van der Waals surface area contributed by atoms with Crippen molar-refractivity contribution >= 4 is 23.6 Å². The lowest BCUT2D eigenvalue weighted by molar-refractivity contribution is -0.192. The van der Waals surface area contributed by atoms with Crippen LogP contribution in [0.2, 0.25) is 0 Å². The van der Waals surface area contributed by atoms with Crippen LogP contribution in [0.3, 0.4) is 0 Å². The highest BCUT2D eigenvalue weighted by Gasteiger charge is 2.38. The summed E-state index contributed by atoms with van der Waals surface area (Å²) in [5.74, 6) is -4.24. The van der Waals surface area contributed by atoms with E-state index in [0.29, 0.717) is 24.3 Å². The van der Waals surface area contributed by atoms with Crippen molar-refractivity contribution in [3.63, 3.8) is 0 Å². The Morgan fingerprint density at radius 2 is 1.63 bits per heavy atom. The number of carbonyl (C=O) groups excluding carboxylic acids is 1. The van der Waals surface area contributed by atoms with Crippen molar-refractivity contribution in [1.82, 2.24) is 19.6 Å². The summed E-state index contributed by atoms with van der Waals surface area (Å²) in [4.78, 5) is 40.7. The first-order valence-electron chi connectivity index (χ1n) is 14.8.